The summed E-state index contributed by atoms with van der Waals surface area (Å²) in [5.41, 5.74) is 3.14. The molecule has 1 aliphatic rings. The van der Waals surface area contributed by atoms with Crippen molar-refractivity contribution in [3.8, 4) is 11.5 Å². The van der Waals surface area contributed by atoms with Gasteiger partial charge in [-0.25, -0.2) is 4.98 Å². The number of amides is 1. The Hall–Kier alpha value is -3.54. The average molecular weight is 389 g/mol. The molecule has 1 N–H and O–H groups in total. The van der Waals surface area contributed by atoms with Gasteiger partial charge in [-0.3, -0.25) is 4.79 Å². The Balaban J connectivity index is 1.39. The fourth-order valence-electron chi connectivity index (χ4n) is 3.60. The summed E-state index contributed by atoms with van der Waals surface area (Å²) < 4.78 is 10.8. The largest absolute Gasteiger partial charge is 0.493 e. The zero-order valence-electron chi connectivity index (χ0n) is 16.5. The molecule has 0 fully saturated rings. The number of fused-ring (bicyclic) bond motifs is 1. The smallest absolute Gasteiger partial charge is 0.262 e. The van der Waals surface area contributed by atoms with E-state index in [0.717, 1.165) is 12.2 Å². The van der Waals surface area contributed by atoms with Gasteiger partial charge in [-0.05, 0) is 49.2 Å². The van der Waals surface area contributed by atoms with E-state index in [1.165, 1.54) is 11.3 Å². The highest BCUT2D eigenvalue weighted by Gasteiger charge is 2.27. The number of methoxy groups -OCH3 is 1. The third-order valence-corrected chi connectivity index (χ3v) is 4.91. The van der Waals surface area contributed by atoms with Crippen molar-refractivity contribution >= 4 is 23.1 Å². The molecule has 1 atom stereocenters. The second-order valence-corrected chi connectivity index (χ2v) is 6.94. The van der Waals surface area contributed by atoms with Crippen molar-refractivity contribution in [1.29, 1.82) is 0 Å². The molecule has 29 heavy (non-hydrogen) atoms. The van der Waals surface area contributed by atoms with E-state index >= 15 is 0 Å². The van der Waals surface area contributed by atoms with E-state index in [1.807, 2.05) is 30.3 Å². The minimum atomic E-state index is -0.259. The summed E-state index contributed by atoms with van der Waals surface area (Å²) in [6, 6.07) is 19.7. The molecular formula is C23H23N3O3. The molecule has 0 saturated heterocycles. The summed E-state index contributed by atoms with van der Waals surface area (Å²) in [6.45, 7) is 2.07. The number of anilines is 3. The third-order valence-electron chi connectivity index (χ3n) is 4.91. The molecule has 1 amide bonds. The number of carbonyl (C=O) groups excluding carboxylic acids is 1. The van der Waals surface area contributed by atoms with Gasteiger partial charge < -0.3 is 19.7 Å². The Kier molecular flexibility index (Phi) is 5.33. The first-order valence-electron chi connectivity index (χ1n) is 9.54. The lowest BCUT2D eigenvalue weighted by Crippen LogP contribution is -2.25. The van der Waals surface area contributed by atoms with Gasteiger partial charge in [-0.1, -0.05) is 30.3 Å². The number of carbonyl (C=O) groups is 1. The third kappa shape index (κ3) is 4.01. The van der Waals surface area contributed by atoms with E-state index in [9.17, 15) is 4.79 Å². The molecule has 0 spiro atoms. The number of pyridine rings is 1. The van der Waals surface area contributed by atoms with Crippen LogP contribution in [0.25, 0.3) is 0 Å². The fourth-order valence-corrected chi connectivity index (χ4v) is 3.60. The Morgan fingerprint density at radius 1 is 1.10 bits per heavy atom. The van der Waals surface area contributed by atoms with Crippen LogP contribution >= 0.6 is 0 Å². The summed E-state index contributed by atoms with van der Waals surface area (Å²) in [4.78, 5) is 19.0. The molecule has 6 nitrogen and oxygen atoms in total. The maximum absolute atomic E-state index is 12.2. The number of hydrogen-bond acceptors (Lipinski definition) is 5. The summed E-state index contributed by atoms with van der Waals surface area (Å²) in [5, 5.41) is 2.81. The van der Waals surface area contributed by atoms with E-state index in [1.54, 1.807) is 25.4 Å². The van der Waals surface area contributed by atoms with Crippen molar-refractivity contribution in [2.45, 2.75) is 19.4 Å². The molecule has 2 aromatic carbocycles. The molecule has 1 aromatic heterocycles. The predicted octanol–water partition coefficient (Wildman–Crippen LogP) is 4.19. The van der Waals surface area contributed by atoms with Crippen molar-refractivity contribution in [1.82, 2.24) is 4.98 Å². The van der Waals surface area contributed by atoms with Gasteiger partial charge in [0.25, 0.3) is 5.91 Å². The average Bonchev–Trinajstić information content (AvgIpc) is 3.09. The van der Waals surface area contributed by atoms with Crippen LogP contribution in [-0.2, 0) is 11.2 Å². The maximum atomic E-state index is 12.2. The topological polar surface area (TPSA) is 63.7 Å². The van der Waals surface area contributed by atoms with Crippen molar-refractivity contribution in [2.24, 2.45) is 0 Å². The maximum Gasteiger partial charge on any atom is 0.262 e. The fraction of sp³-hybridized carbons (Fsp3) is 0.217. The van der Waals surface area contributed by atoms with Gasteiger partial charge in [-0.15, -0.1) is 0 Å². The lowest BCUT2D eigenvalue weighted by Gasteiger charge is -2.24. The van der Waals surface area contributed by atoms with E-state index in [4.69, 9.17) is 9.47 Å². The number of ether oxygens (including phenoxy) is 2. The zero-order valence-corrected chi connectivity index (χ0v) is 16.5. The zero-order chi connectivity index (χ0) is 20.2. The van der Waals surface area contributed by atoms with Crippen LogP contribution < -0.4 is 19.7 Å². The summed E-state index contributed by atoms with van der Waals surface area (Å²) >= 11 is 0. The SMILES string of the molecule is COc1ccccc1OCC(=O)Nc1ccc(N2c3ccccc3CC2C)nc1. The Labute approximate surface area is 170 Å². The second-order valence-electron chi connectivity index (χ2n) is 6.94. The first kappa shape index (κ1) is 18.8. The van der Waals surface area contributed by atoms with E-state index < -0.39 is 0 Å². The molecule has 0 saturated carbocycles. The van der Waals surface area contributed by atoms with Gasteiger partial charge in [0, 0.05) is 11.7 Å². The highest BCUT2D eigenvalue weighted by molar-refractivity contribution is 5.91. The van der Waals surface area contributed by atoms with Crippen molar-refractivity contribution in [3.05, 3.63) is 72.4 Å². The quantitative estimate of drug-likeness (QED) is 0.685. The summed E-state index contributed by atoms with van der Waals surface area (Å²) in [5.74, 6) is 1.72. The monoisotopic (exact) mass is 389 g/mol. The van der Waals surface area contributed by atoms with Crippen LogP contribution in [-0.4, -0.2) is 30.6 Å². The van der Waals surface area contributed by atoms with Crippen molar-refractivity contribution < 1.29 is 14.3 Å². The number of aromatic nitrogens is 1. The molecule has 6 heteroatoms. The number of para-hydroxylation sites is 3. The molecule has 1 unspecified atom stereocenters. The van der Waals surface area contributed by atoms with E-state index in [-0.39, 0.29) is 12.5 Å². The Morgan fingerprint density at radius 2 is 1.86 bits per heavy atom. The van der Waals surface area contributed by atoms with Gasteiger partial charge in [-0.2, -0.15) is 0 Å². The predicted molar refractivity (Wildman–Crippen MR) is 113 cm³/mol. The van der Waals surface area contributed by atoms with Gasteiger partial charge in [0.15, 0.2) is 18.1 Å². The van der Waals surface area contributed by atoms with Crippen molar-refractivity contribution in [2.75, 3.05) is 23.9 Å². The van der Waals surface area contributed by atoms with Gasteiger partial charge in [0.2, 0.25) is 0 Å². The highest BCUT2D eigenvalue weighted by atomic mass is 16.5. The van der Waals surface area contributed by atoms with E-state index in [0.29, 0.717) is 23.2 Å². The van der Waals surface area contributed by atoms with Gasteiger partial charge in [0.05, 0.1) is 19.0 Å². The van der Waals surface area contributed by atoms with Crippen LogP contribution in [0.1, 0.15) is 12.5 Å². The van der Waals surface area contributed by atoms with Crippen LogP contribution in [0.4, 0.5) is 17.2 Å². The molecule has 0 aliphatic carbocycles. The van der Waals surface area contributed by atoms with Crippen LogP contribution in [0.15, 0.2) is 66.9 Å². The van der Waals surface area contributed by atoms with Crippen molar-refractivity contribution in [3.63, 3.8) is 0 Å². The number of nitrogens with one attached hydrogen (secondary N) is 1. The molecular weight excluding hydrogens is 366 g/mol. The van der Waals surface area contributed by atoms with Crippen LogP contribution in [0.2, 0.25) is 0 Å². The molecule has 2 heterocycles. The summed E-state index contributed by atoms with van der Waals surface area (Å²) in [6.07, 6.45) is 2.67. The van der Waals surface area contributed by atoms with Gasteiger partial charge >= 0.3 is 0 Å². The minimum absolute atomic E-state index is 0.112. The Bertz CT molecular complexity index is 1000. The van der Waals surface area contributed by atoms with Gasteiger partial charge in [0.1, 0.15) is 5.82 Å². The number of benzene rings is 2. The molecule has 0 radical (unpaired) electrons. The molecule has 148 valence electrons. The van der Waals surface area contributed by atoms with Crippen LogP contribution in [0.3, 0.4) is 0 Å². The normalized spacial score (nSPS) is 15.0. The highest BCUT2D eigenvalue weighted by Crippen LogP contribution is 2.37. The Morgan fingerprint density at radius 3 is 2.62 bits per heavy atom. The summed E-state index contributed by atoms with van der Waals surface area (Å²) in [7, 11) is 1.56. The molecule has 4 rings (SSSR count). The lowest BCUT2D eigenvalue weighted by atomic mass is 10.1. The van der Waals surface area contributed by atoms with E-state index in [2.05, 4.69) is 40.3 Å². The number of hydrogen-bond donors (Lipinski definition) is 1. The van der Waals surface area contributed by atoms with Crippen LogP contribution in [0, 0.1) is 0 Å². The molecule has 3 aromatic rings. The number of rotatable bonds is 6. The minimum Gasteiger partial charge on any atom is -0.493 e. The van der Waals surface area contributed by atoms with Crippen LogP contribution in [0.5, 0.6) is 11.5 Å². The first-order valence-corrected chi connectivity index (χ1v) is 9.54. The second kappa shape index (κ2) is 8.22. The number of nitrogens with zero attached hydrogens (tertiary/aromatic N) is 2. The molecule has 1 aliphatic heterocycles. The molecule has 0 bridgehead atoms. The standard InChI is InChI=1S/C23H23N3O3/c1-16-13-17-7-3-4-8-19(17)26(16)22-12-11-18(14-24-22)25-23(27)15-29-21-10-6-5-9-20(21)28-2/h3-12,14,16H,13,15H2,1-2H3,(H,25,27). The first-order chi connectivity index (χ1) is 14.2. The lowest BCUT2D eigenvalue weighted by molar-refractivity contribution is -0.118.